The lowest BCUT2D eigenvalue weighted by Crippen LogP contribution is -2.31. The standard InChI is InChI=1S/C20H34O4S/c21-20(22)7-3-4-11-25-12-10-16-17(19-9-8-18(16)24-19)14-23-13-15-5-1-2-6-15/h15-19H,1-14H2,(H,21,22). The van der Waals surface area contributed by atoms with Crippen molar-refractivity contribution in [1.29, 1.82) is 0 Å². The van der Waals surface area contributed by atoms with Crippen molar-refractivity contribution >= 4 is 17.7 Å². The van der Waals surface area contributed by atoms with E-state index < -0.39 is 5.97 Å². The SMILES string of the molecule is O=C(O)CCCCSCCC1C2CCC(O2)C1COCC1CCCC1. The number of carboxylic acids is 1. The molecule has 1 aliphatic carbocycles. The monoisotopic (exact) mass is 370 g/mol. The van der Waals surface area contributed by atoms with Crippen molar-refractivity contribution in [3.63, 3.8) is 0 Å². The summed E-state index contributed by atoms with van der Waals surface area (Å²) >= 11 is 1.98. The number of rotatable bonds is 12. The lowest BCUT2D eigenvalue weighted by Gasteiger charge is -2.28. The second kappa shape index (κ2) is 10.2. The molecule has 1 N–H and O–H groups in total. The van der Waals surface area contributed by atoms with E-state index in [0.717, 1.165) is 37.7 Å². The van der Waals surface area contributed by atoms with Crippen LogP contribution >= 0.6 is 11.8 Å². The highest BCUT2D eigenvalue weighted by Gasteiger charge is 2.48. The number of carbonyl (C=O) groups is 1. The summed E-state index contributed by atoms with van der Waals surface area (Å²) in [5.41, 5.74) is 0. The van der Waals surface area contributed by atoms with Crippen LogP contribution in [0.1, 0.15) is 64.2 Å². The smallest absolute Gasteiger partial charge is 0.303 e. The number of carboxylic acid groups (broad SMARTS) is 1. The van der Waals surface area contributed by atoms with Crippen LogP contribution in [0.2, 0.25) is 0 Å². The Morgan fingerprint density at radius 3 is 2.52 bits per heavy atom. The third-order valence-corrected chi connectivity index (χ3v) is 7.36. The van der Waals surface area contributed by atoms with E-state index in [1.165, 1.54) is 50.7 Å². The topological polar surface area (TPSA) is 55.8 Å². The summed E-state index contributed by atoms with van der Waals surface area (Å²) in [5, 5.41) is 8.66. The molecule has 0 aromatic carbocycles. The highest BCUT2D eigenvalue weighted by molar-refractivity contribution is 7.99. The van der Waals surface area contributed by atoms with Crippen LogP contribution in [0.4, 0.5) is 0 Å². The largest absolute Gasteiger partial charge is 0.481 e. The average Bonchev–Trinajstić information content (AvgIpc) is 3.31. The Morgan fingerprint density at radius 1 is 1.00 bits per heavy atom. The molecular formula is C20H34O4S. The Bertz CT molecular complexity index is 411. The minimum absolute atomic E-state index is 0.307. The van der Waals surface area contributed by atoms with Crippen molar-refractivity contribution < 1.29 is 19.4 Å². The third-order valence-electron chi connectivity index (χ3n) is 6.25. The first-order chi connectivity index (χ1) is 12.2. The highest BCUT2D eigenvalue weighted by atomic mass is 32.2. The van der Waals surface area contributed by atoms with Gasteiger partial charge < -0.3 is 14.6 Å². The minimum Gasteiger partial charge on any atom is -0.481 e. The highest BCUT2D eigenvalue weighted by Crippen LogP contribution is 2.45. The number of ether oxygens (including phenoxy) is 2. The zero-order chi connectivity index (χ0) is 17.5. The summed E-state index contributed by atoms with van der Waals surface area (Å²) in [6.45, 7) is 1.85. The molecule has 3 aliphatic rings. The van der Waals surface area contributed by atoms with Crippen LogP contribution in [-0.2, 0) is 14.3 Å². The Balaban J connectivity index is 1.30. The van der Waals surface area contributed by atoms with Crippen molar-refractivity contribution in [3.05, 3.63) is 0 Å². The van der Waals surface area contributed by atoms with Gasteiger partial charge in [-0.1, -0.05) is 12.8 Å². The number of aliphatic carboxylic acids is 1. The minimum atomic E-state index is -0.676. The van der Waals surface area contributed by atoms with Gasteiger partial charge in [0.15, 0.2) is 0 Å². The molecule has 3 fully saturated rings. The maximum Gasteiger partial charge on any atom is 0.303 e. The lowest BCUT2D eigenvalue weighted by atomic mass is 9.78. The number of thioether (sulfide) groups is 1. The van der Waals surface area contributed by atoms with Crippen molar-refractivity contribution in [2.75, 3.05) is 24.7 Å². The van der Waals surface area contributed by atoms with E-state index in [-0.39, 0.29) is 0 Å². The summed E-state index contributed by atoms with van der Waals surface area (Å²) in [4.78, 5) is 10.5. The molecule has 0 aromatic rings. The number of unbranched alkanes of at least 4 members (excludes halogenated alkanes) is 1. The van der Waals surface area contributed by atoms with Gasteiger partial charge in [0.05, 0.1) is 18.8 Å². The van der Waals surface area contributed by atoms with Crippen LogP contribution in [0.3, 0.4) is 0 Å². The summed E-state index contributed by atoms with van der Waals surface area (Å²) in [6, 6.07) is 0. The van der Waals surface area contributed by atoms with Gasteiger partial charge in [-0.2, -0.15) is 11.8 Å². The number of fused-ring (bicyclic) bond motifs is 2. The fraction of sp³-hybridized carbons (Fsp3) is 0.950. The molecule has 4 nitrogen and oxygen atoms in total. The van der Waals surface area contributed by atoms with Crippen LogP contribution in [0.15, 0.2) is 0 Å². The molecule has 5 heteroatoms. The van der Waals surface area contributed by atoms with E-state index in [0.29, 0.717) is 30.5 Å². The molecule has 4 atom stereocenters. The maximum atomic E-state index is 10.5. The normalized spacial score (nSPS) is 31.8. The molecule has 3 rings (SSSR count). The number of hydrogen-bond donors (Lipinski definition) is 1. The van der Waals surface area contributed by atoms with Crippen LogP contribution in [0.25, 0.3) is 0 Å². The molecule has 2 bridgehead atoms. The second-order valence-electron chi connectivity index (χ2n) is 8.06. The van der Waals surface area contributed by atoms with Crippen molar-refractivity contribution in [3.8, 4) is 0 Å². The Morgan fingerprint density at radius 2 is 1.76 bits per heavy atom. The molecule has 2 heterocycles. The van der Waals surface area contributed by atoms with Crippen LogP contribution < -0.4 is 0 Å². The first-order valence-electron chi connectivity index (χ1n) is 10.3. The Labute approximate surface area is 156 Å². The van der Waals surface area contributed by atoms with Gasteiger partial charge in [-0.3, -0.25) is 4.79 Å². The van der Waals surface area contributed by atoms with Gasteiger partial charge in [0.1, 0.15) is 0 Å². The second-order valence-corrected chi connectivity index (χ2v) is 9.28. The lowest BCUT2D eigenvalue weighted by molar-refractivity contribution is -0.137. The van der Waals surface area contributed by atoms with E-state index in [1.54, 1.807) is 0 Å². The molecule has 0 aromatic heterocycles. The summed E-state index contributed by atoms with van der Waals surface area (Å²) in [5.74, 6) is 3.66. The van der Waals surface area contributed by atoms with Gasteiger partial charge in [0, 0.05) is 18.9 Å². The quantitative estimate of drug-likeness (QED) is 0.517. The molecule has 2 saturated heterocycles. The molecular weight excluding hydrogens is 336 g/mol. The average molecular weight is 371 g/mol. The van der Waals surface area contributed by atoms with E-state index in [9.17, 15) is 4.79 Å². The van der Waals surface area contributed by atoms with E-state index in [2.05, 4.69) is 0 Å². The van der Waals surface area contributed by atoms with E-state index in [1.807, 2.05) is 11.8 Å². The van der Waals surface area contributed by atoms with E-state index >= 15 is 0 Å². The fourth-order valence-electron chi connectivity index (χ4n) is 4.85. The van der Waals surface area contributed by atoms with Crippen LogP contribution in [0.5, 0.6) is 0 Å². The van der Waals surface area contributed by atoms with Gasteiger partial charge in [-0.05, 0) is 68.3 Å². The predicted octanol–water partition coefficient (Wildman–Crippen LogP) is 4.37. The molecule has 25 heavy (non-hydrogen) atoms. The maximum absolute atomic E-state index is 10.5. The van der Waals surface area contributed by atoms with Gasteiger partial charge in [0.2, 0.25) is 0 Å². The predicted molar refractivity (Wildman–Crippen MR) is 101 cm³/mol. The fourth-order valence-corrected chi connectivity index (χ4v) is 5.90. The Kier molecular flexibility index (Phi) is 7.93. The van der Waals surface area contributed by atoms with Crippen LogP contribution in [0, 0.1) is 17.8 Å². The summed E-state index contributed by atoms with van der Waals surface area (Å²) in [6.07, 6.45) is 12.2. The van der Waals surface area contributed by atoms with E-state index in [4.69, 9.17) is 14.6 Å². The zero-order valence-corrected chi connectivity index (χ0v) is 16.2. The van der Waals surface area contributed by atoms with Gasteiger partial charge in [-0.25, -0.2) is 0 Å². The molecule has 0 radical (unpaired) electrons. The molecule has 2 aliphatic heterocycles. The van der Waals surface area contributed by atoms with Crippen molar-refractivity contribution in [1.82, 2.24) is 0 Å². The van der Waals surface area contributed by atoms with Gasteiger partial charge >= 0.3 is 5.97 Å². The molecule has 0 amide bonds. The summed E-state index contributed by atoms with van der Waals surface area (Å²) in [7, 11) is 0. The molecule has 1 saturated carbocycles. The van der Waals surface area contributed by atoms with Crippen molar-refractivity contribution in [2.45, 2.75) is 76.4 Å². The first kappa shape index (κ1) is 19.5. The van der Waals surface area contributed by atoms with Crippen molar-refractivity contribution in [2.24, 2.45) is 17.8 Å². The molecule has 0 spiro atoms. The first-order valence-corrected chi connectivity index (χ1v) is 11.4. The molecule has 4 unspecified atom stereocenters. The third kappa shape index (κ3) is 5.86. The molecule has 144 valence electrons. The van der Waals surface area contributed by atoms with Gasteiger partial charge in [-0.15, -0.1) is 0 Å². The van der Waals surface area contributed by atoms with Crippen LogP contribution in [-0.4, -0.2) is 48.0 Å². The number of hydrogen-bond acceptors (Lipinski definition) is 4. The summed E-state index contributed by atoms with van der Waals surface area (Å²) < 4.78 is 12.3. The zero-order valence-electron chi connectivity index (χ0n) is 15.4. The van der Waals surface area contributed by atoms with Gasteiger partial charge in [0.25, 0.3) is 0 Å². The Hall–Kier alpha value is -0.260.